The number of tetrazole rings is 1. The number of anilines is 1. The second-order valence-electron chi connectivity index (χ2n) is 6.68. The largest absolute Gasteiger partial charge is 0.350 e. The first-order valence-electron chi connectivity index (χ1n) is 8.91. The van der Waals surface area contributed by atoms with Gasteiger partial charge < -0.3 is 5.32 Å². The van der Waals surface area contributed by atoms with Crippen molar-refractivity contribution in [2.45, 2.75) is 25.4 Å². The van der Waals surface area contributed by atoms with Gasteiger partial charge >= 0.3 is 5.69 Å². The monoisotopic (exact) mass is 376 g/mol. The van der Waals surface area contributed by atoms with Gasteiger partial charge in [-0.2, -0.15) is 0 Å². The summed E-state index contributed by atoms with van der Waals surface area (Å²) in [6, 6.07) is 12.9. The first kappa shape index (κ1) is 16.4. The number of amides is 1. The summed E-state index contributed by atoms with van der Waals surface area (Å²) >= 11 is 0. The maximum atomic E-state index is 12.4. The third kappa shape index (κ3) is 2.94. The first-order valence-corrected chi connectivity index (χ1v) is 8.91. The van der Waals surface area contributed by atoms with Gasteiger partial charge in [0.05, 0.1) is 6.04 Å². The predicted molar refractivity (Wildman–Crippen MR) is 99.6 cm³/mol. The summed E-state index contributed by atoms with van der Waals surface area (Å²) in [6.07, 6.45) is 3.76. The fourth-order valence-electron chi connectivity index (χ4n) is 3.09. The number of hydrogen-bond donors (Lipinski definition) is 1. The van der Waals surface area contributed by atoms with Gasteiger partial charge in [-0.05, 0) is 47.5 Å². The highest BCUT2D eigenvalue weighted by atomic mass is 16.2. The summed E-state index contributed by atoms with van der Waals surface area (Å²) in [5, 5.41) is 18.9. The van der Waals surface area contributed by atoms with Crippen LogP contribution in [0.15, 0.2) is 53.5 Å². The van der Waals surface area contributed by atoms with Crippen molar-refractivity contribution in [2.75, 3.05) is 5.32 Å². The van der Waals surface area contributed by atoms with E-state index in [4.69, 9.17) is 0 Å². The molecule has 1 aliphatic carbocycles. The van der Waals surface area contributed by atoms with Crippen molar-refractivity contribution in [3.8, 4) is 11.4 Å². The summed E-state index contributed by atoms with van der Waals surface area (Å²) in [7, 11) is 0. The van der Waals surface area contributed by atoms with E-state index in [1.807, 2.05) is 22.9 Å². The van der Waals surface area contributed by atoms with Gasteiger partial charge in [-0.3, -0.25) is 9.20 Å². The summed E-state index contributed by atoms with van der Waals surface area (Å²) < 4.78 is 4.35. The molecular weight excluding hydrogens is 360 g/mol. The molecule has 0 aliphatic heterocycles. The quantitative estimate of drug-likeness (QED) is 0.559. The van der Waals surface area contributed by atoms with Crippen LogP contribution in [-0.4, -0.2) is 40.3 Å². The molecule has 0 atom stereocenters. The van der Waals surface area contributed by atoms with Gasteiger partial charge in [0.1, 0.15) is 6.54 Å². The molecule has 1 amide bonds. The minimum absolute atomic E-state index is 0.176. The Bertz CT molecular complexity index is 1230. The lowest BCUT2D eigenvalue weighted by Crippen LogP contribution is -2.28. The molecule has 3 heterocycles. The number of rotatable bonds is 5. The minimum atomic E-state index is -0.358. The number of nitrogens with zero attached hydrogens (tertiary/aromatic N) is 7. The highest BCUT2D eigenvalue weighted by molar-refractivity contribution is 5.91. The SMILES string of the molecule is O=C(Cn1nc2ccccn2c1=O)Nc1cccc(-c2nnnn2C2CC2)c1. The Kier molecular flexibility index (Phi) is 3.75. The Morgan fingerprint density at radius 1 is 1.18 bits per heavy atom. The molecule has 10 nitrogen and oxygen atoms in total. The number of fused-ring (bicyclic) bond motifs is 1. The van der Waals surface area contributed by atoms with E-state index in [9.17, 15) is 9.59 Å². The molecule has 3 aromatic heterocycles. The van der Waals surface area contributed by atoms with Crippen molar-refractivity contribution >= 4 is 17.2 Å². The van der Waals surface area contributed by atoms with Crippen LogP contribution in [-0.2, 0) is 11.3 Å². The second kappa shape index (κ2) is 6.41. The van der Waals surface area contributed by atoms with Crippen molar-refractivity contribution in [2.24, 2.45) is 0 Å². The third-order valence-electron chi connectivity index (χ3n) is 4.57. The van der Waals surface area contributed by atoms with Crippen LogP contribution in [0.2, 0.25) is 0 Å². The predicted octanol–water partition coefficient (Wildman–Crippen LogP) is 1.12. The van der Waals surface area contributed by atoms with Crippen LogP contribution in [0.5, 0.6) is 0 Å². The number of pyridine rings is 1. The lowest BCUT2D eigenvalue weighted by Gasteiger charge is -2.07. The number of carbonyl (C=O) groups is 1. The molecule has 28 heavy (non-hydrogen) atoms. The molecule has 1 fully saturated rings. The van der Waals surface area contributed by atoms with Crippen molar-refractivity contribution < 1.29 is 4.79 Å². The second-order valence-corrected chi connectivity index (χ2v) is 6.68. The first-order chi connectivity index (χ1) is 13.7. The van der Waals surface area contributed by atoms with Gasteiger partial charge in [-0.15, -0.1) is 10.2 Å². The Hall–Kier alpha value is -3.82. The number of hydrogen-bond acceptors (Lipinski definition) is 6. The fourth-order valence-corrected chi connectivity index (χ4v) is 3.09. The highest BCUT2D eigenvalue weighted by Gasteiger charge is 2.28. The fraction of sp³-hybridized carbons (Fsp3) is 0.222. The van der Waals surface area contributed by atoms with Gasteiger partial charge in [-0.1, -0.05) is 18.2 Å². The van der Waals surface area contributed by atoms with E-state index in [0.29, 0.717) is 23.2 Å². The van der Waals surface area contributed by atoms with Crippen LogP contribution in [0, 0.1) is 0 Å². The van der Waals surface area contributed by atoms with Crippen molar-refractivity contribution in [3.05, 3.63) is 59.1 Å². The van der Waals surface area contributed by atoms with Gasteiger partial charge in [0.25, 0.3) is 0 Å². The van der Waals surface area contributed by atoms with Gasteiger partial charge in [-0.25, -0.2) is 14.2 Å². The molecule has 4 aromatic rings. The maximum Gasteiger partial charge on any atom is 0.350 e. The van der Waals surface area contributed by atoms with E-state index in [1.165, 1.54) is 4.40 Å². The topological polar surface area (TPSA) is 112 Å². The molecule has 1 aromatic carbocycles. The van der Waals surface area contributed by atoms with Crippen LogP contribution in [0.25, 0.3) is 17.0 Å². The van der Waals surface area contributed by atoms with Gasteiger partial charge in [0, 0.05) is 17.4 Å². The van der Waals surface area contributed by atoms with Gasteiger partial charge in [0.15, 0.2) is 11.5 Å². The average Bonchev–Trinajstić information content (AvgIpc) is 3.34. The van der Waals surface area contributed by atoms with E-state index >= 15 is 0 Å². The summed E-state index contributed by atoms with van der Waals surface area (Å²) in [5.41, 5.74) is 1.56. The summed E-state index contributed by atoms with van der Waals surface area (Å²) in [5.74, 6) is 0.333. The number of nitrogens with one attached hydrogen (secondary N) is 1. The Morgan fingerprint density at radius 2 is 2.07 bits per heavy atom. The summed E-state index contributed by atoms with van der Waals surface area (Å²) in [6.45, 7) is -0.176. The van der Waals surface area contributed by atoms with Crippen LogP contribution >= 0.6 is 0 Å². The molecule has 1 aliphatic rings. The molecule has 1 saturated carbocycles. The van der Waals surface area contributed by atoms with E-state index in [-0.39, 0.29) is 18.1 Å². The molecule has 0 radical (unpaired) electrons. The van der Waals surface area contributed by atoms with E-state index in [2.05, 4.69) is 25.9 Å². The average molecular weight is 376 g/mol. The number of aromatic nitrogens is 7. The molecule has 0 saturated heterocycles. The van der Waals surface area contributed by atoms with Crippen molar-refractivity contribution in [1.29, 1.82) is 0 Å². The molecular formula is C18H16N8O2. The zero-order chi connectivity index (χ0) is 19.1. The summed E-state index contributed by atoms with van der Waals surface area (Å²) in [4.78, 5) is 24.7. The number of carbonyl (C=O) groups excluding carboxylic acids is 1. The van der Waals surface area contributed by atoms with Crippen molar-refractivity contribution in [3.63, 3.8) is 0 Å². The minimum Gasteiger partial charge on any atom is -0.324 e. The zero-order valence-electron chi connectivity index (χ0n) is 14.8. The normalized spacial score (nSPS) is 13.7. The Balaban J connectivity index is 1.35. The number of benzene rings is 1. The molecule has 140 valence electrons. The lowest BCUT2D eigenvalue weighted by atomic mass is 10.2. The molecule has 0 bridgehead atoms. The van der Waals surface area contributed by atoms with Crippen LogP contribution < -0.4 is 11.0 Å². The third-order valence-corrected chi connectivity index (χ3v) is 4.57. The Morgan fingerprint density at radius 3 is 2.89 bits per heavy atom. The lowest BCUT2D eigenvalue weighted by molar-refractivity contribution is -0.117. The maximum absolute atomic E-state index is 12.4. The van der Waals surface area contributed by atoms with E-state index in [0.717, 1.165) is 23.1 Å². The highest BCUT2D eigenvalue weighted by Crippen LogP contribution is 2.36. The molecule has 5 rings (SSSR count). The Labute approximate surface area is 158 Å². The molecule has 1 N–H and O–H groups in total. The van der Waals surface area contributed by atoms with Crippen LogP contribution in [0.1, 0.15) is 18.9 Å². The van der Waals surface area contributed by atoms with Crippen LogP contribution in [0.3, 0.4) is 0 Å². The van der Waals surface area contributed by atoms with E-state index < -0.39 is 0 Å². The smallest absolute Gasteiger partial charge is 0.324 e. The molecule has 10 heteroatoms. The van der Waals surface area contributed by atoms with Gasteiger partial charge in [0.2, 0.25) is 5.91 Å². The zero-order valence-corrected chi connectivity index (χ0v) is 14.8. The molecule has 0 unspecified atom stereocenters. The standard InChI is InChI=1S/C18H16N8O2/c27-16(11-25-18(28)24-9-2-1-6-15(24)21-25)19-13-5-3-4-12(10-13)17-20-22-23-26(17)14-7-8-14/h1-6,9-10,14H,7-8,11H2,(H,19,27). The van der Waals surface area contributed by atoms with E-state index in [1.54, 1.807) is 30.5 Å². The van der Waals surface area contributed by atoms with Crippen molar-refractivity contribution in [1.82, 2.24) is 34.4 Å². The molecule has 0 spiro atoms. The van der Waals surface area contributed by atoms with Crippen LogP contribution in [0.4, 0.5) is 5.69 Å².